The Morgan fingerprint density at radius 2 is 1.92 bits per heavy atom. The van der Waals surface area contributed by atoms with Crippen molar-refractivity contribution >= 4 is 11.9 Å². The minimum Gasteiger partial charge on any atom is -0.345 e. The molecule has 118 valence electrons. The largest absolute Gasteiger partial charge is 0.345 e. The number of nitrogens with zero attached hydrogens (tertiary/aromatic N) is 3. The van der Waals surface area contributed by atoms with E-state index in [1.54, 1.807) is 42.5 Å². The number of aromatic nitrogens is 1. The summed E-state index contributed by atoms with van der Waals surface area (Å²) < 4.78 is 1.98. The zero-order chi connectivity index (χ0) is 17.7. The second-order valence-corrected chi connectivity index (χ2v) is 5.42. The summed E-state index contributed by atoms with van der Waals surface area (Å²) in [5, 5.41) is 18.2. The van der Waals surface area contributed by atoms with Gasteiger partial charge >= 0.3 is 0 Å². The maximum Gasteiger partial charge on any atom is 0.205 e. The number of benzene rings is 1. The lowest BCUT2D eigenvalue weighted by Gasteiger charge is -2.06. The quantitative estimate of drug-likeness (QED) is 0.363. The highest BCUT2D eigenvalue weighted by Crippen LogP contribution is 2.20. The van der Waals surface area contributed by atoms with Gasteiger partial charge in [-0.3, -0.25) is 4.79 Å². The number of allylic oxidation sites excluding steroid dienone is 2. The van der Waals surface area contributed by atoms with Gasteiger partial charge in [-0.15, -0.1) is 6.58 Å². The van der Waals surface area contributed by atoms with E-state index < -0.39 is 0 Å². The monoisotopic (exact) mass is 315 g/mol. The standard InChI is InChI=1S/C20H17N3O/c1-4-9-23-14(2)10-19(15(23)3)20(24)18(13-22)11-16-5-7-17(12-21)8-6-16/h4-8,10-11H,1,9H2,2-3H3/b18-11-. The molecule has 0 N–H and O–H groups in total. The molecular weight excluding hydrogens is 298 g/mol. The van der Waals surface area contributed by atoms with E-state index in [4.69, 9.17) is 5.26 Å². The van der Waals surface area contributed by atoms with E-state index >= 15 is 0 Å². The number of carbonyl (C=O) groups excluding carboxylic acids is 1. The summed E-state index contributed by atoms with van der Waals surface area (Å²) in [5.74, 6) is -0.301. The second kappa shape index (κ2) is 7.26. The fourth-order valence-corrected chi connectivity index (χ4v) is 2.56. The minimum atomic E-state index is -0.301. The molecule has 2 aromatic rings. The predicted octanol–water partition coefficient (Wildman–Crippen LogP) is 3.95. The van der Waals surface area contributed by atoms with Gasteiger partial charge in [-0.05, 0) is 43.7 Å². The molecular formula is C20H17N3O. The van der Waals surface area contributed by atoms with Gasteiger partial charge in [0.2, 0.25) is 5.78 Å². The number of hydrogen-bond acceptors (Lipinski definition) is 3. The van der Waals surface area contributed by atoms with Crippen LogP contribution in [0.3, 0.4) is 0 Å². The van der Waals surface area contributed by atoms with Gasteiger partial charge in [-0.2, -0.15) is 10.5 Å². The Labute approximate surface area is 141 Å². The average molecular weight is 315 g/mol. The normalized spacial score (nSPS) is 10.8. The van der Waals surface area contributed by atoms with Gasteiger partial charge in [0.05, 0.1) is 11.6 Å². The zero-order valence-electron chi connectivity index (χ0n) is 13.7. The van der Waals surface area contributed by atoms with Crippen molar-refractivity contribution in [3.63, 3.8) is 0 Å². The molecule has 0 spiro atoms. The Hall–Kier alpha value is -3.37. The second-order valence-electron chi connectivity index (χ2n) is 5.42. The summed E-state index contributed by atoms with van der Waals surface area (Å²) in [5.41, 5.74) is 3.60. The van der Waals surface area contributed by atoms with E-state index in [2.05, 4.69) is 6.58 Å². The van der Waals surface area contributed by atoms with Crippen LogP contribution in [0.5, 0.6) is 0 Å². The number of hydrogen-bond donors (Lipinski definition) is 0. The van der Waals surface area contributed by atoms with E-state index in [0.717, 1.165) is 11.4 Å². The van der Waals surface area contributed by atoms with E-state index in [-0.39, 0.29) is 11.4 Å². The molecule has 0 atom stereocenters. The Morgan fingerprint density at radius 3 is 2.46 bits per heavy atom. The van der Waals surface area contributed by atoms with Crippen molar-refractivity contribution in [2.24, 2.45) is 0 Å². The number of nitriles is 2. The molecule has 1 aromatic carbocycles. The van der Waals surface area contributed by atoms with E-state index in [0.29, 0.717) is 23.2 Å². The van der Waals surface area contributed by atoms with Crippen molar-refractivity contribution in [3.05, 3.63) is 76.6 Å². The molecule has 0 bridgehead atoms. The highest BCUT2D eigenvalue weighted by Gasteiger charge is 2.18. The Bertz CT molecular complexity index is 900. The van der Waals surface area contributed by atoms with Gasteiger partial charge in [0.15, 0.2) is 0 Å². The first-order valence-electron chi connectivity index (χ1n) is 7.46. The first kappa shape index (κ1) is 17.0. The van der Waals surface area contributed by atoms with E-state index in [9.17, 15) is 10.1 Å². The highest BCUT2D eigenvalue weighted by molar-refractivity contribution is 6.14. The van der Waals surface area contributed by atoms with Gasteiger partial charge in [0.1, 0.15) is 11.6 Å². The first-order chi connectivity index (χ1) is 11.5. The summed E-state index contributed by atoms with van der Waals surface area (Å²) >= 11 is 0. The molecule has 4 heteroatoms. The fourth-order valence-electron chi connectivity index (χ4n) is 2.56. The Balaban J connectivity index is 2.41. The van der Waals surface area contributed by atoms with Crippen LogP contribution in [0.15, 0.2) is 48.6 Å². The molecule has 1 aromatic heterocycles. The van der Waals surface area contributed by atoms with Crippen LogP contribution in [-0.4, -0.2) is 10.4 Å². The van der Waals surface area contributed by atoms with Crippen LogP contribution in [-0.2, 0) is 6.54 Å². The highest BCUT2D eigenvalue weighted by atomic mass is 16.1. The summed E-state index contributed by atoms with van der Waals surface area (Å²) in [6.07, 6.45) is 3.31. The van der Waals surface area contributed by atoms with Crippen LogP contribution in [0, 0.1) is 36.5 Å². The molecule has 0 aliphatic rings. The predicted molar refractivity (Wildman–Crippen MR) is 93.2 cm³/mol. The molecule has 0 amide bonds. The van der Waals surface area contributed by atoms with Crippen LogP contribution in [0.25, 0.3) is 6.08 Å². The number of ketones is 1. The van der Waals surface area contributed by atoms with Crippen LogP contribution in [0.2, 0.25) is 0 Å². The number of Topliss-reactive ketones (excluding diaryl/α,β-unsaturated/α-hetero) is 1. The maximum atomic E-state index is 12.7. The van der Waals surface area contributed by atoms with Crippen LogP contribution in [0.4, 0.5) is 0 Å². The van der Waals surface area contributed by atoms with Gasteiger partial charge in [-0.1, -0.05) is 18.2 Å². The van der Waals surface area contributed by atoms with Crippen molar-refractivity contribution in [3.8, 4) is 12.1 Å². The van der Waals surface area contributed by atoms with Crippen molar-refractivity contribution in [2.45, 2.75) is 20.4 Å². The smallest absolute Gasteiger partial charge is 0.205 e. The molecule has 0 unspecified atom stereocenters. The van der Waals surface area contributed by atoms with Gasteiger partial charge in [0, 0.05) is 23.5 Å². The minimum absolute atomic E-state index is 0.0681. The third-order valence-corrected chi connectivity index (χ3v) is 3.85. The van der Waals surface area contributed by atoms with Gasteiger partial charge in [0.25, 0.3) is 0 Å². The lowest BCUT2D eigenvalue weighted by molar-refractivity contribution is 0.103. The molecule has 0 aliphatic carbocycles. The molecule has 24 heavy (non-hydrogen) atoms. The summed E-state index contributed by atoms with van der Waals surface area (Å²) in [6, 6.07) is 12.5. The van der Waals surface area contributed by atoms with Gasteiger partial charge < -0.3 is 4.57 Å². The summed E-state index contributed by atoms with van der Waals surface area (Å²) in [6.45, 7) is 8.12. The van der Waals surface area contributed by atoms with Crippen LogP contribution in [0.1, 0.15) is 32.9 Å². The third kappa shape index (κ3) is 3.34. The number of carbonyl (C=O) groups is 1. The van der Waals surface area contributed by atoms with Crippen molar-refractivity contribution < 1.29 is 4.79 Å². The Morgan fingerprint density at radius 1 is 1.25 bits per heavy atom. The van der Waals surface area contributed by atoms with E-state index in [1.807, 2.05) is 30.6 Å². The first-order valence-corrected chi connectivity index (χ1v) is 7.46. The lowest BCUT2D eigenvalue weighted by atomic mass is 10.0. The molecule has 0 saturated carbocycles. The number of aryl methyl sites for hydroxylation is 1. The Kier molecular flexibility index (Phi) is 5.14. The topological polar surface area (TPSA) is 69.6 Å². The summed E-state index contributed by atoms with van der Waals surface area (Å²) in [7, 11) is 0. The van der Waals surface area contributed by atoms with Crippen molar-refractivity contribution in [1.29, 1.82) is 10.5 Å². The number of rotatable bonds is 5. The lowest BCUT2D eigenvalue weighted by Crippen LogP contribution is -2.05. The molecule has 0 fully saturated rings. The van der Waals surface area contributed by atoms with Crippen LogP contribution < -0.4 is 0 Å². The van der Waals surface area contributed by atoms with E-state index in [1.165, 1.54) is 0 Å². The molecule has 0 radical (unpaired) electrons. The van der Waals surface area contributed by atoms with Crippen LogP contribution >= 0.6 is 0 Å². The van der Waals surface area contributed by atoms with Crippen molar-refractivity contribution in [1.82, 2.24) is 4.57 Å². The molecule has 0 saturated heterocycles. The molecule has 2 rings (SSSR count). The average Bonchev–Trinajstić information content (AvgIpc) is 2.88. The summed E-state index contributed by atoms with van der Waals surface area (Å²) in [4.78, 5) is 12.7. The third-order valence-electron chi connectivity index (χ3n) is 3.85. The molecule has 4 nitrogen and oxygen atoms in total. The molecule has 1 heterocycles. The SMILES string of the molecule is C=CCn1c(C)cc(C(=O)/C(C#N)=C\c2ccc(C#N)cc2)c1C. The molecule has 0 aliphatic heterocycles. The fraction of sp³-hybridized carbons (Fsp3) is 0.150. The zero-order valence-corrected chi connectivity index (χ0v) is 13.7. The van der Waals surface area contributed by atoms with Gasteiger partial charge in [-0.25, -0.2) is 0 Å². The van der Waals surface area contributed by atoms with Crippen molar-refractivity contribution in [2.75, 3.05) is 0 Å². The maximum absolute atomic E-state index is 12.7.